The van der Waals surface area contributed by atoms with Crippen LogP contribution in [0.5, 0.6) is 0 Å². The minimum Gasteiger partial charge on any atom is -0.206 e. The summed E-state index contributed by atoms with van der Waals surface area (Å²) in [7, 11) is 0. The highest BCUT2D eigenvalue weighted by atomic mass is 19.2. The van der Waals surface area contributed by atoms with Gasteiger partial charge in [-0.2, -0.15) is 0 Å². The lowest BCUT2D eigenvalue weighted by Gasteiger charge is -2.09. The van der Waals surface area contributed by atoms with Gasteiger partial charge in [0.05, 0.1) is 0 Å². The van der Waals surface area contributed by atoms with Crippen LogP contribution in [0.4, 0.5) is 13.2 Å². The van der Waals surface area contributed by atoms with Crippen molar-refractivity contribution in [3.8, 4) is 0 Å². The van der Waals surface area contributed by atoms with E-state index in [2.05, 4.69) is 37.3 Å². The van der Waals surface area contributed by atoms with Gasteiger partial charge in [-0.05, 0) is 83.9 Å². The van der Waals surface area contributed by atoms with Crippen molar-refractivity contribution in [1.82, 2.24) is 0 Å². The molecule has 0 aliphatic heterocycles. The molecule has 0 N–H and O–H groups in total. The van der Waals surface area contributed by atoms with Crippen molar-refractivity contribution in [1.29, 1.82) is 0 Å². The first-order valence-corrected chi connectivity index (χ1v) is 11.7. The van der Waals surface area contributed by atoms with Gasteiger partial charge < -0.3 is 0 Å². The van der Waals surface area contributed by atoms with Gasteiger partial charge in [-0.1, -0.05) is 74.0 Å². The van der Waals surface area contributed by atoms with E-state index in [0.717, 1.165) is 30.7 Å². The summed E-state index contributed by atoms with van der Waals surface area (Å²) in [5, 5.41) is 1.48. The molecule has 4 aromatic carbocycles. The zero-order chi connectivity index (χ0) is 23.2. The molecule has 0 saturated heterocycles. The Labute approximate surface area is 194 Å². The molecule has 0 nitrogen and oxygen atoms in total. The molecule has 4 aromatic rings. The second kappa shape index (κ2) is 10.7. The number of fused-ring (bicyclic) bond motifs is 1. The third-order valence-corrected chi connectivity index (χ3v) is 6.31. The minimum absolute atomic E-state index is 0.232. The first-order chi connectivity index (χ1) is 16.0. The highest BCUT2D eigenvalue weighted by Crippen LogP contribution is 2.24. The van der Waals surface area contributed by atoms with Gasteiger partial charge >= 0.3 is 0 Å². The molecule has 0 aliphatic carbocycles. The van der Waals surface area contributed by atoms with E-state index < -0.39 is 11.6 Å². The van der Waals surface area contributed by atoms with E-state index in [1.165, 1.54) is 35.6 Å². The second-order valence-electron chi connectivity index (χ2n) is 8.76. The van der Waals surface area contributed by atoms with E-state index in [4.69, 9.17) is 0 Å². The van der Waals surface area contributed by atoms with Gasteiger partial charge in [-0.15, -0.1) is 0 Å². The lowest BCUT2D eigenvalue weighted by Crippen LogP contribution is -1.98. The maximum absolute atomic E-state index is 15.1. The number of unbranched alkanes of at least 4 members (excludes halogenated alkanes) is 1. The van der Waals surface area contributed by atoms with Crippen LogP contribution in [0, 0.1) is 17.5 Å². The van der Waals surface area contributed by atoms with Crippen LogP contribution in [0.1, 0.15) is 47.6 Å². The van der Waals surface area contributed by atoms with Crippen LogP contribution in [-0.4, -0.2) is 0 Å². The Balaban J connectivity index is 1.41. The van der Waals surface area contributed by atoms with E-state index in [9.17, 15) is 8.78 Å². The van der Waals surface area contributed by atoms with E-state index >= 15 is 4.39 Å². The molecular formula is C30H29F3. The molecule has 0 saturated carbocycles. The molecule has 0 atom stereocenters. The SMILES string of the molecule is CCCCc1ccc(CCc2ccc3c(F)c(CCc4ccc(F)c(F)c4)ccc3c2)cc1. The van der Waals surface area contributed by atoms with Crippen LogP contribution >= 0.6 is 0 Å². The van der Waals surface area contributed by atoms with E-state index in [0.29, 0.717) is 29.4 Å². The van der Waals surface area contributed by atoms with Crippen molar-refractivity contribution >= 4 is 10.8 Å². The number of aryl methyl sites for hydroxylation is 5. The Kier molecular flexibility index (Phi) is 7.49. The van der Waals surface area contributed by atoms with Gasteiger partial charge in [0.25, 0.3) is 0 Å². The first-order valence-electron chi connectivity index (χ1n) is 11.7. The van der Waals surface area contributed by atoms with Crippen molar-refractivity contribution in [3.05, 3.63) is 118 Å². The topological polar surface area (TPSA) is 0 Å². The molecule has 170 valence electrons. The maximum atomic E-state index is 15.1. The van der Waals surface area contributed by atoms with E-state index in [1.54, 1.807) is 12.1 Å². The van der Waals surface area contributed by atoms with Gasteiger partial charge in [0.2, 0.25) is 0 Å². The first kappa shape index (κ1) is 23.1. The van der Waals surface area contributed by atoms with Gasteiger partial charge in [0.15, 0.2) is 11.6 Å². The third kappa shape index (κ3) is 5.84. The highest BCUT2D eigenvalue weighted by Gasteiger charge is 2.10. The fourth-order valence-corrected chi connectivity index (χ4v) is 4.25. The summed E-state index contributed by atoms with van der Waals surface area (Å²) in [6.45, 7) is 2.21. The smallest absolute Gasteiger partial charge is 0.159 e. The van der Waals surface area contributed by atoms with E-state index in [-0.39, 0.29) is 5.82 Å². The molecule has 0 heterocycles. The average Bonchev–Trinajstić information content (AvgIpc) is 2.83. The second-order valence-corrected chi connectivity index (χ2v) is 8.76. The van der Waals surface area contributed by atoms with Gasteiger partial charge in [0.1, 0.15) is 5.82 Å². The molecule has 33 heavy (non-hydrogen) atoms. The summed E-state index contributed by atoms with van der Waals surface area (Å²) in [5.74, 6) is -1.97. The molecule has 3 heteroatoms. The molecule has 4 rings (SSSR count). The highest BCUT2D eigenvalue weighted by molar-refractivity contribution is 5.84. The van der Waals surface area contributed by atoms with Crippen molar-refractivity contribution in [2.75, 3.05) is 0 Å². The number of rotatable bonds is 9. The lowest BCUT2D eigenvalue weighted by molar-refractivity contribution is 0.507. The third-order valence-electron chi connectivity index (χ3n) is 6.31. The predicted octanol–water partition coefficient (Wildman–Crippen LogP) is 8.17. The van der Waals surface area contributed by atoms with Crippen LogP contribution in [0.25, 0.3) is 10.8 Å². The number of benzene rings is 4. The zero-order valence-electron chi connectivity index (χ0n) is 19.0. The molecule has 0 unspecified atom stereocenters. The van der Waals surface area contributed by atoms with Crippen LogP contribution in [0.3, 0.4) is 0 Å². The number of halogens is 3. The van der Waals surface area contributed by atoms with Crippen LogP contribution in [0.15, 0.2) is 72.8 Å². The minimum atomic E-state index is -0.869. The normalized spacial score (nSPS) is 11.3. The fraction of sp³-hybridized carbons (Fsp3) is 0.267. The van der Waals surface area contributed by atoms with Gasteiger partial charge in [0, 0.05) is 5.39 Å². The molecule has 0 fully saturated rings. The van der Waals surface area contributed by atoms with Gasteiger partial charge in [-0.3, -0.25) is 0 Å². The number of hydrogen-bond donors (Lipinski definition) is 0. The Morgan fingerprint density at radius 2 is 1.15 bits per heavy atom. The van der Waals surface area contributed by atoms with Crippen molar-refractivity contribution in [2.24, 2.45) is 0 Å². The molecule has 0 radical (unpaired) electrons. The van der Waals surface area contributed by atoms with Crippen LogP contribution in [-0.2, 0) is 32.1 Å². The lowest BCUT2D eigenvalue weighted by atomic mass is 9.97. The van der Waals surface area contributed by atoms with Crippen LogP contribution in [0.2, 0.25) is 0 Å². The molecular weight excluding hydrogens is 417 g/mol. The molecule has 0 amide bonds. The number of hydrogen-bond acceptors (Lipinski definition) is 0. The summed E-state index contributed by atoms with van der Waals surface area (Å²) in [6.07, 6.45) is 6.31. The molecule has 0 spiro atoms. The summed E-state index contributed by atoms with van der Waals surface area (Å²) >= 11 is 0. The monoisotopic (exact) mass is 446 g/mol. The van der Waals surface area contributed by atoms with E-state index in [1.807, 2.05) is 18.2 Å². The van der Waals surface area contributed by atoms with Crippen molar-refractivity contribution in [3.63, 3.8) is 0 Å². The summed E-state index contributed by atoms with van der Waals surface area (Å²) in [4.78, 5) is 0. The molecule has 0 bridgehead atoms. The fourth-order valence-electron chi connectivity index (χ4n) is 4.25. The largest absolute Gasteiger partial charge is 0.206 e. The average molecular weight is 447 g/mol. The molecule has 0 aliphatic rings. The summed E-state index contributed by atoms with van der Waals surface area (Å²) in [6, 6.07) is 22.4. The summed E-state index contributed by atoms with van der Waals surface area (Å²) in [5.41, 5.74) is 5.13. The zero-order valence-corrected chi connectivity index (χ0v) is 19.0. The van der Waals surface area contributed by atoms with Crippen molar-refractivity contribution < 1.29 is 13.2 Å². The van der Waals surface area contributed by atoms with Crippen LogP contribution < -0.4 is 0 Å². The van der Waals surface area contributed by atoms with Gasteiger partial charge in [-0.25, -0.2) is 13.2 Å². The molecule has 0 aromatic heterocycles. The Morgan fingerprint density at radius 3 is 1.88 bits per heavy atom. The summed E-state index contributed by atoms with van der Waals surface area (Å²) < 4.78 is 41.6. The van der Waals surface area contributed by atoms with Crippen molar-refractivity contribution in [2.45, 2.75) is 51.9 Å². The quantitative estimate of drug-likeness (QED) is 0.243. The predicted molar refractivity (Wildman–Crippen MR) is 130 cm³/mol. The Hall–Kier alpha value is -3.07. The Bertz CT molecular complexity index is 1230. The Morgan fingerprint density at radius 1 is 0.545 bits per heavy atom. The maximum Gasteiger partial charge on any atom is 0.159 e. The standard InChI is InChI=1S/C30H29F3/c1-2-3-4-21-5-7-22(8-6-21)9-10-23-12-17-27-26(19-23)16-15-25(30(27)33)14-11-24-13-18-28(31)29(32)20-24/h5-8,12-13,15-20H,2-4,9-11,14H2,1H3.